The number of anilines is 1. The van der Waals surface area contributed by atoms with Crippen molar-refractivity contribution in [2.75, 3.05) is 16.9 Å². The molecule has 0 fully saturated rings. The zero-order valence-corrected chi connectivity index (χ0v) is 12.6. The average Bonchev–Trinajstić information content (AvgIpc) is 2.36. The molecule has 1 aromatic rings. The summed E-state index contributed by atoms with van der Waals surface area (Å²) in [5.74, 6) is 1.06. The maximum Gasteiger partial charge on any atom is 0.178 e. The van der Waals surface area contributed by atoms with Crippen LogP contribution in [0.2, 0.25) is 0 Å². The number of halogens is 1. The van der Waals surface area contributed by atoms with E-state index >= 15 is 0 Å². The van der Waals surface area contributed by atoms with Crippen LogP contribution in [0.5, 0.6) is 0 Å². The van der Waals surface area contributed by atoms with Crippen molar-refractivity contribution >= 4 is 27.1 Å². The smallest absolute Gasteiger partial charge is 0.178 e. The van der Waals surface area contributed by atoms with E-state index in [0.717, 1.165) is 5.69 Å². The topological polar surface area (TPSA) is 46.2 Å². The first-order valence-electron chi connectivity index (χ1n) is 6.06. The van der Waals surface area contributed by atoms with Crippen LogP contribution in [0.15, 0.2) is 29.2 Å². The van der Waals surface area contributed by atoms with Crippen LogP contribution in [0.3, 0.4) is 0 Å². The minimum Gasteiger partial charge on any atom is -0.381 e. The van der Waals surface area contributed by atoms with Gasteiger partial charge in [-0.2, -0.15) is 0 Å². The molecule has 5 heteroatoms. The Bertz CT molecular complexity index is 468. The number of nitrogens with one attached hydrogen (secondary N) is 1. The number of rotatable bonds is 6. The van der Waals surface area contributed by atoms with E-state index in [1.54, 1.807) is 31.2 Å². The third-order valence-corrected chi connectivity index (χ3v) is 5.00. The molecule has 0 bridgehead atoms. The van der Waals surface area contributed by atoms with Crippen LogP contribution < -0.4 is 5.32 Å². The van der Waals surface area contributed by atoms with Gasteiger partial charge in [-0.15, -0.1) is 11.6 Å². The molecule has 0 saturated carbocycles. The number of sulfone groups is 1. The first-order chi connectivity index (χ1) is 8.40. The predicted octanol–water partition coefficient (Wildman–Crippen LogP) is 3.16. The van der Waals surface area contributed by atoms with Crippen LogP contribution >= 0.6 is 11.6 Å². The molecule has 0 spiro atoms. The highest BCUT2D eigenvalue weighted by atomic mass is 35.5. The molecule has 0 aliphatic rings. The van der Waals surface area contributed by atoms with Crippen molar-refractivity contribution in [3.8, 4) is 0 Å². The molecular weight excluding hydrogens is 270 g/mol. The van der Waals surface area contributed by atoms with Gasteiger partial charge >= 0.3 is 0 Å². The Hall–Kier alpha value is -0.740. The van der Waals surface area contributed by atoms with Crippen LogP contribution in [0.4, 0.5) is 5.69 Å². The summed E-state index contributed by atoms with van der Waals surface area (Å²) < 4.78 is 23.3. The van der Waals surface area contributed by atoms with E-state index in [9.17, 15) is 8.42 Å². The lowest BCUT2D eigenvalue weighted by molar-refractivity contribution is 0.564. The summed E-state index contributed by atoms with van der Waals surface area (Å²) in [6, 6.07) is 7.01. The molecule has 1 aromatic carbocycles. The van der Waals surface area contributed by atoms with E-state index in [2.05, 4.69) is 19.2 Å². The molecule has 0 aliphatic carbocycles. The van der Waals surface area contributed by atoms with Gasteiger partial charge in [0.1, 0.15) is 0 Å². The van der Waals surface area contributed by atoms with Gasteiger partial charge in [0, 0.05) is 17.6 Å². The van der Waals surface area contributed by atoms with Crippen LogP contribution in [0.1, 0.15) is 20.8 Å². The van der Waals surface area contributed by atoms with Crippen molar-refractivity contribution in [3.63, 3.8) is 0 Å². The first kappa shape index (κ1) is 15.3. The lowest BCUT2D eigenvalue weighted by Crippen LogP contribution is -2.27. The second-order valence-corrected chi connectivity index (χ2v) is 7.16. The molecule has 102 valence electrons. The molecule has 3 nitrogen and oxygen atoms in total. The first-order valence-corrected chi connectivity index (χ1v) is 8.24. The Morgan fingerprint density at radius 1 is 1.22 bits per heavy atom. The molecule has 0 heterocycles. The third kappa shape index (κ3) is 3.89. The molecule has 18 heavy (non-hydrogen) atoms. The molecular formula is C13H20ClNO2S. The molecule has 0 aliphatic heterocycles. The maximum absolute atomic E-state index is 11.7. The molecule has 1 N–H and O–H groups in total. The summed E-state index contributed by atoms with van der Waals surface area (Å²) in [5, 5.41) is 3.30. The van der Waals surface area contributed by atoms with Gasteiger partial charge in [0.25, 0.3) is 0 Å². The van der Waals surface area contributed by atoms with Crippen molar-refractivity contribution in [2.45, 2.75) is 31.7 Å². The molecule has 1 rings (SSSR count). The van der Waals surface area contributed by atoms with Crippen LogP contribution in [0, 0.1) is 5.92 Å². The largest absolute Gasteiger partial charge is 0.381 e. The summed E-state index contributed by atoms with van der Waals surface area (Å²) in [5.41, 5.74) is 0.893. The van der Waals surface area contributed by atoms with E-state index in [1.165, 1.54) is 0 Å². The van der Waals surface area contributed by atoms with Gasteiger partial charge in [-0.25, -0.2) is 8.42 Å². The van der Waals surface area contributed by atoms with Crippen molar-refractivity contribution in [2.24, 2.45) is 5.92 Å². The minimum absolute atomic E-state index is 0.121. The highest BCUT2D eigenvalue weighted by molar-refractivity contribution is 7.91. The van der Waals surface area contributed by atoms with Gasteiger partial charge in [-0.3, -0.25) is 0 Å². The number of hydrogen-bond acceptors (Lipinski definition) is 3. The van der Waals surface area contributed by atoms with Crippen molar-refractivity contribution in [3.05, 3.63) is 24.3 Å². The lowest BCUT2D eigenvalue weighted by atomic mass is 10.1. The number of benzene rings is 1. The predicted molar refractivity (Wildman–Crippen MR) is 77.1 cm³/mol. The van der Waals surface area contributed by atoms with Gasteiger partial charge in [0.2, 0.25) is 0 Å². The van der Waals surface area contributed by atoms with E-state index in [-0.39, 0.29) is 11.8 Å². The van der Waals surface area contributed by atoms with Gasteiger partial charge < -0.3 is 5.32 Å². The fourth-order valence-electron chi connectivity index (χ4n) is 1.52. The fourth-order valence-corrected chi connectivity index (χ4v) is 2.84. The molecule has 0 radical (unpaired) electrons. The van der Waals surface area contributed by atoms with Crippen molar-refractivity contribution in [1.29, 1.82) is 0 Å². The molecule has 1 unspecified atom stereocenters. The zero-order valence-electron chi connectivity index (χ0n) is 11.0. The summed E-state index contributed by atoms with van der Waals surface area (Å²) >= 11 is 5.88. The normalized spacial score (nSPS) is 13.6. The third-order valence-electron chi connectivity index (χ3n) is 2.92. The fraction of sp³-hybridized carbons (Fsp3) is 0.538. The second kappa shape index (κ2) is 6.43. The highest BCUT2D eigenvalue weighted by Crippen LogP contribution is 2.18. The Morgan fingerprint density at radius 2 is 1.78 bits per heavy atom. The lowest BCUT2D eigenvalue weighted by Gasteiger charge is -2.21. The maximum atomic E-state index is 11.7. The quantitative estimate of drug-likeness (QED) is 0.818. The van der Waals surface area contributed by atoms with Gasteiger partial charge in [-0.05, 0) is 30.2 Å². The zero-order chi connectivity index (χ0) is 13.8. The summed E-state index contributed by atoms with van der Waals surface area (Å²) in [4.78, 5) is 0.363. The summed E-state index contributed by atoms with van der Waals surface area (Å²) in [7, 11) is -3.12. The van der Waals surface area contributed by atoms with Crippen molar-refractivity contribution in [1.82, 2.24) is 0 Å². The van der Waals surface area contributed by atoms with Gasteiger partial charge in [0.15, 0.2) is 9.84 Å². The molecule has 0 amide bonds. The minimum atomic E-state index is -3.12. The van der Waals surface area contributed by atoms with E-state index < -0.39 is 9.84 Å². The van der Waals surface area contributed by atoms with Crippen LogP contribution in [0.25, 0.3) is 0 Å². The average molecular weight is 290 g/mol. The molecule has 0 aromatic heterocycles. The van der Waals surface area contributed by atoms with E-state index in [1.807, 2.05) is 0 Å². The highest BCUT2D eigenvalue weighted by Gasteiger charge is 2.13. The van der Waals surface area contributed by atoms with Gasteiger partial charge in [0.05, 0.1) is 10.6 Å². The van der Waals surface area contributed by atoms with Gasteiger partial charge in [-0.1, -0.05) is 20.8 Å². The summed E-state index contributed by atoms with van der Waals surface area (Å²) in [6.45, 7) is 5.83. The SMILES string of the molecule is CCS(=O)(=O)c1ccc(NC(CCl)C(C)C)cc1. The standard InChI is InChI=1S/C13H20ClNO2S/c1-4-18(16,17)12-7-5-11(6-8-12)15-13(9-14)10(2)3/h5-8,10,13,15H,4,9H2,1-3H3. The van der Waals surface area contributed by atoms with E-state index in [4.69, 9.17) is 11.6 Å². The van der Waals surface area contributed by atoms with Crippen LogP contribution in [-0.4, -0.2) is 26.1 Å². The Morgan fingerprint density at radius 3 is 2.17 bits per heavy atom. The van der Waals surface area contributed by atoms with Crippen molar-refractivity contribution < 1.29 is 8.42 Å². The summed E-state index contributed by atoms with van der Waals surface area (Å²) in [6.07, 6.45) is 0. The second-order valence-electron chi connectivity index (χ2n) is 4.58. The van der Waals surface area contributed by atoms with E-state index in [0.29, 0.717) is 16.7 Å². The molecule has 1 atom stereocenters. The Labute approximate surface area is 114 Å². The number of alkyl halides is 1. The monoisotopic (exact) mass is 289 g/mol. The molecule has 0 saturated heterocycles. The van der Waals surface area contributed by atoms with Crippen LogP contribution in [-0.2, 0) is 9.84 Å². The Balaban J connectivity index is 2.84. The Kier molecular flexibility index (Phi) is 5.47. The number of hydrogen-bond donors (Lipinski definition) is 1.